The van der Waals surface area contributed by atoms with Crippen LogP contribution in [0.2, 0.25) is 19.6 Å². The maximum atomic E-state index is 11.1. The molecule has 0 spiro atoms. The van der Waals surface area contributed by atoms with E-state index in [1.165, 1.54) is 6.42 Å². The van der Waals surface area contributed by atoms with E-state index in [-0.39, 0.29) is 4.87 Å². The summed E-state index contributed by atoms with van der Waals surface area (Å²) in [5.41, 5.74) is 2.67. The van der Waals surface area contributed by atoms with Crippen molar-refractivity contribution >= 4 is 19.7 Å². The third-order valence-electron chi connectivity index (χ3n) is 5.00. The van der Waals surface area contributed by atoms with Crippen molar-refractivity contribution in [3.8, 4) is 11.5 Å². The normalized spacial score (nSPS) is 49.9. The molecule has 4 fully saturated rings. The molecule has 4 aliphatic rings. The SMILES string of the molecule is C[Si](C)(C)C#CC1(O)C2CC3CC1CC(Cl)(C3)C2. The van der Waals surface area contributed by atoms with Gasteiger partial charge in [-0.05, 0) is 38.0 Å². The Labute approximate surface area is 116 Å². The predicted molar refractivity (Wildman–Crippen MR) is 78.2 cm³/mol. The van der Waals surface area contributed by atoms with Crippen LogP contribution in [0.4, 0.5) is 0 Å². The summed E-state index contributed by atoms with van der Waals surface area (Å²) in [4.78, 5) is -0.0103. The number of hydrogen-bond acceptors (Lipinski definition) is 1. The molecule has 0 aromatic carbocycles. The lowest BCUT2D eigenvalue weighted by Crippen LogP contribution is -2.61. The Hall–Kier alpha value is 0.0269. The number of rotatable bonds is 0. The van der Waals surface area contributed by atoms with Crippen LogP contribution in [0.1, 0.15) is 32.1 Å². The zero-order chi connectivity index (χ0) is 13.2. The van der Waals surface area contributed by atoms with E-state index >= 15 is 0 Å². The summed E-state index contributed by atoms with van der Waals surface area (Å²) < 4.78 is 0. The first kappa shape index (κ1) is 13.0. The molecule has 18 heavy (non-hydrogen) atoms. The monoisotopic (exact) mass is 282 g/mol. The van der Waals surface area contributed by atoms with Gasteiger partial charge in [0, 0.05) is 16.7 Å². The highest BCUT2D eigenvalue weighted by atomic mass is 35.5. The van der Waals surface area contributed by atoms with Gasteiger partial charge in [-0.15, -0.1) is 17.1 Å². The molecule has 4 aliphatic carbocycles. The highest BCUT2D eigenvalue weighted by Crippen LogP contribution is 2.61. The molecule has 1 N–H and O–H groups in total. The van der Waals surface area contributed by atoms with E-state index in [0.717, 1.165) is 31.6 Å². The van der Waals surface area contributed by atoms with Crippen LogP contribution >= 0.6 is 11.6 Å². The fourth-order valence-electron chi connectivity index (χ4n) is 4.38. The molecule has 0 amide bonds. The molecule has 100 valence electrons. The zero-order valence-electron chi connectivity index (χ0n) is 11.6. The maximum absolute atomic E-state index is 11.1. The molecule has 0 radical (unpaired) electrons. The Kier molecular flexibility index (Phi) is 2.73. The van der Waals surface area contributed by atoms with Crippen LogP contribution < -0.4 is 0 Å². The molecule has 0 aliphatic heterocycles. The lowest BCUT2D eigenvalue weighted by atomic mass is 9.50. The number of alkyl halides is 1. The molecule has 1 nitrogen and oxygen atoms in total. The van der Waals surface area contributed by atoms with Crippen LogP contribution in [-0.4, -0.2) is 23.7 Å². The molecule has 0 aromatic rings. The molecule has 0 aromatic heterocycles. The van der Waals surface area contributed by atoms with Gasteiger partial charge in [0.2, 0.25) is 0 Å². The lowest BCUT2D eigenvalue weighted by molar-refractivity contribution is -0.129. The molecular formula is C15H23ClOSi. The zero-order valence-corrected chi connectivity index (χ0v) is 13.3. The first-order valence-electron chi connectivity index (χ1n) is 7.16. The first-order valence-corrected chi connectivity index (χ1v) is 11.0. The van der Waals surface area contributed by atoms with Gasteiger partial charge in [-0.2, -0.15) is 0 Å². The van der Waals surface area contributed by atoms with E-state index in [0.29, 0.717) is 11.8 Å². The van der Waals surface area contributed by atoms with Crippen molar-refractivity contribution < 1.29 is 5.11 Å². The summed E-state index contributed by atoms with van der Waals surface area (Å²) in [6, 6.07) is 0. The van der Waals surface area contributed by atoms with Gasteiger partial charge in [0.1, 0.15) is 13.7 Å². The van der Waals surface area contributed by atoms with Crippen LogP contribution in [0.25, 0.3) is 0 Å². The molecule has 0 heterocycles. The summed E-state index contributed by atoms with van der Waals surface area (Å²) in [6.07, 6.45) is 5.39. The number of aliphatic hydroxyl groups is 1. The summed E-state index contributed by atoms with van der Waals surface area (Å²) in [5.74, 6) is 4.70. The Morgan fingerprint density at radius 3 is 2.11 bits per heavy atom. The second-order valence-electron chi connectivity index (χ2n) is 7.82. The second-order valence-corrected chi connectivity index (χ2v) is 13.4. The fraction of sp³-hybridized carbons (Fsp3) is 0.867. The fourth-order valence-corrected chi connectivity index (χ4v) is 5.55. The third-order valence-corrected chi connectivity index (χ3v) is 6.34. The van der Waals surface area contributed by atoms with Crippen LogP contribution in [0.5, 0.6) is 0 Å². The summed E-state index contributed by atoms with van der Waals surface area (Å²) in [7, 11) is -1.41. The average Bonchev–Trinajstić information content (AvgIpc) is 2.20. The van der Waals surface area contributed by atoms with Crippen molar-refractivity contribution in [2.75, 3.05) is 0 Å². The van der Waals surface area contributed by atoms with Gasteiger partial charge in [-0.25, -0.2) is 0 Å². The smallest absolute Gasteiger partial charge is 0.130 e. The predicted octanol–water partition coefficient (Wildman–Crippen LogP) is 3.42. The Bertz CT molecular complexity index is 412. The lowest BCUT2D eigenvalue weighted by Gasteiger charge is -2.60. The standard InChI is InChI=1S/C15H23ClOSi/c1-18(2,3)5-4-15(17)12-6-11-7-13(15)10-14(16,8-11)9-12/h11-13,17H,6-10H2,1-3H3. The van der Waals surface area contributed by atoms with Gasteiger partial charge in [0.15, 0.2) is 0 Å². The van der Waals surface area contributed by atoms with Gasteiger partial charge < -0.3 is 5.11 Å². The van der Waals surface area contributed by atoms with Crippen LogP contribution in [0.15, 0.2) is 0 Å². The van der Waals surface area contributed by atoms with E-state index in [9.17, 15) is 5.11 Å². The molecule has 4 saturated carbocycles. The van der Waals surface area contributed by atoms with Crippen molar-refractivity contribution in [2.45, 2.75) is 62.2 Å². The second kappa shape index (κ2) is 3.78. The molecule has 4 bridgehead atoms. The van der Waals surface area contributed by atoms with Crippen molar-refractivity contribution in [3.63, 3.8) is 0 Å². The Balaban J connectivity index is 1.92. The maximum Gasteiger partial charge on any atom is 0.130 e. The van der Waals surface area contributed by atoms with Gasteiger partial charge in [0.25, 0.3) is 0 Å². The summed E-state index contributed by atoms with van der Waals surface area (Å²) in [6.45, 7) is 6.72. The van der Waals surface area contributed by atoms with Gasteiger partial charge in [-0.1, -0.05) is 25.6 Å². The molecule has 2 atom stereocenters. The average molecular weight is 283 g/mol. The minimum atomic E-state index is -1.41. The van der Waals surface area contributed by atoms with Crippen LogP contribution in [-0.2, 0) is 0 Å². The molecular weight excluding hydrogens is 260 g/mol. The van der Waals surface area contributed by atoms with E-state index in [2.05, 4.69) is 31.1 Å². The summed E-state index contributed by atoms with van der Waals surface area (Å²) >= 11 is 6.70. The van der Waals surface area contributed by atoms with E-state index < -0.39 is 13.7 Å². The van der Waals surface area contributed by atoms with Crippen molar-refractivity contribution in [2.24, 2.45) is 17.8 Å². The minimum Gasteiger partial charge on any atom is -0.377 e. The highest BCUT2D eigenvalue weighted by molar-refractivity contribution is 6.83. The topological polar surface area (TPSA) is 20.2 Å². The Morgan fingerprint density at radius 2 is 1.67 bits per heavy atom. The van der Waals surface area contributed by atoms with Crippen molar-refractivity contribution in [1.29, 1.82) is 0 Å². The summed E-state index contributed by atoms with van der Waals surface area (Å²) in [5, 5.41) is 11.1. The van der Waals surface area contributed by atoms with Crippen LogP contribution in [0, 0.1) is 29.2 Å². The van der Waals surface area contributed by atoms with Gasteiger partial charge >= 0.3 is 0 Å². The van der Waals surface area contributed by atoms with Crippen molar-refractivity contribution in [1.82, 2.24) is 0 Å². The third kappa shape index (κ3) is 2.05. The molecule has 2 unspecified atom stereocenters. The Morgan fingerprint density at radius 1 is 1.11 bits per heavy atom. The molecule has 4 rings (SSSR count). The quantitative estimate of drug-likeness (QED) is 0.410. The highest BCUT2D eigenvalue weighted by Gasteiger charge is 2.60. The largest absolute Gasteiger partial charge is 0.377 e. The number of hydrogen-bond donors (Lipinski definition) is 1. The van der Waals surface area contributed by atoms with Gasteiger partial charge in [-0.3, -0.25) is 0 Å². The van der Waals surface area contributed by atoms with E-state index in [1.807, 2.05) is 0 Å². The van der Waals surface area contributed by atoms with Gasteiger partial charge in [0.05, 0.1) is 0 Å². The van der Waals surface area contributed by atoms with Crippen molar-refractivity contribution in [3.05, 3.63) is 0 Å². The first-order chi connectivity index (χ1) is 8.20. The molecule has 3 heteroatoms. The van der Waals surface area contributed by atoms with E-state index in [4.69, 9.17) is 11.6 Å². The number of halogens is 1. The molecule has 0 saturated heterocycles. The van der Waals surface area contributed by atoms with E-state index in [1.54, 1.807) is 0 Å². The minimum absolute atomic E-state index is 0.0103. The van der Waals surface area contributed by atoms with Crippen LogP contribution in [0.3, 0.4) is 0 Å².